The van der Waals surface area contributed by atoms with Crippen LogP contribution in [-0.4, -0.2) is 46.9 Å². The number of rotatable bonds is 18. The molecule has 0 heterocycles. The van der Waals surface area contributed by atoms with Gasteiger partial charge in [0, 0.05) is 0 Å². The van der Waals surface area contributed by atoms with E-state index < -0.39 is 34.4 Å². The molecule has 0 aliphatic heterocycles. The van der Waals surface area contributed by atoms with Crippen molar-refractivity contribution >= 4 is 28.4 Å². The third-order valence-electron chi connectivity index (χ3n) is 7.78. The number of hydrogen-bond donors (Lipinski definition) is 1. The molecular formula is C31H51NO3SSn. The summed E-state index contributed by atoms with van der Waals surface area (Å²) in [4.78, 5) is 0.333. The third kappa shape index (κ3) is 8.81. The van der Waals surface area contributed by atoms with Gasteiger partial charge in [-0.05, 0) is 0 Å². The first-order chi connectivity index (χ1) is 17.8. The maximum absolute atomic E-state index is 14.6. The molecule has 0 spiro atoms. The van der Waals surface area contributed by atoms with Crippen LogP contribution in [0.3, 0.4) is 0 Å². The first-order valence-electron chi connectivity index (χ1n) is 14.5. The Kier molecular flexibility index (Phi) is 14.2. The van der Waals surface area contributed by atoms with Crippen molar-refractivity contribution in [2.45, 2.75) is 108 Å². The fourth-order valence-electron chi connectivity index (χ4n) is 5.81. The second kappa shape index (κ2) is 16.3. The van der Waals surface area contributed by atoms with E-state index in [1.807, 2.05) is 40.7 Å². The van der Waals surface area contributed by atoms with Crippen molar-refractivity contribution in [2.75, 3.05) is 6.61 Å². The van der Waals surface area contributed by atoms with E-state index in [0.717, 1.165) is 31.2 Å². The standard InChI is InChI=1S/C19H24NO3S.3C4H9.Sn/c1-16(2)13-14-20(19(15-21)17-9-5-3-6-10-17)24(22,23)18-11-7-4-8-12-18;3*1-3-4-2;/h3-12,14,16,19,21H,13,15H2,1-2H3;3*1,3-4H2,2H3;/t19-;;;;/m0..../s1. The Hall–Kier alpha value is -0.891. The first kappa shape index (κ1) is 32.3. The van der Waals surface area contributed by atoms with Crippen molar-refractivity contribution in [1.82, 2.24) is 4.31 Å². The van der Waals surface area contributed by atoms with Gasteiger partial charge in [-0.25, -0.2) is 0 Å². The molecule has 0 bridgehead atoms. The molecule has 0 amide bonds. The summed E-state index contributed by atoms with van der Waals surface area (Å²) in [6, 6.07) is 18.1. The molecule has 37 heavy (non-hydrogen) atoms. The summed E-state index contributed by atoms with van der Waals surface area (Å²) in [5, 5.41) is 10.9. The SMILES string of the molecule is CCC[CH2][Sn]([CH2]CCC)([CH2]CCC)[C@@H](CC(C)C)N([C@@H](CO)c1ccccc1)S(=O)(=O)c1ccccc1. The van der Waals surface area contributed by atoms with E-state index in [1.165, 1.54) is 32.6 Å². The molecule has 4 nitrogen and oxygen atoms in total. The molecule has 1 N–H and O–H groups in total. The molecule has 208 valence electrons. The van der Waals surface area contributed by atoms with Crippen LogP contribution in [0.1, 0.15) is 91.2 Å². The number of aliphatic hydroxyl groups excluding tert-OH is 1. The first-order valence-corrected chi connectivity index (χ1v) is 23.7. The molecule has 2 atom stereocenters. The van der Waals surface area contributed by atoms with Gasteiger partial charge in [0.2, 0.25) is 0 Å². The molecule has 0 saturated carbocycles. The van der Waals surface area contributed by atoms with Crippen LogP contribution in [0.25, 0.3) is 0 Å². The molecule has 2 aromatic rings. The fourth-order valence-corrected chi connectivity index (χ4v) is 29.1. The number of aliphatic hydroxyl groups is 1. The van der Waals surface area contributed by atoms with E-state index >= 15 is 0 Å². The average molecular weight is 637 g/mol. The number of hydrogen-bond acceptors (Lipinski definition) is 3. The second-order valence-corrected chi connectivity index (χ2v) is 26.9. The molecule has 0 aliphatic carbocycles. The summed E-state index contributed by atoms with van der Waals surface area (Å²) in [6.07, 6.45) is 7.80. The molecule has 0 unspecified atom stereocenters. The Balaban J connectivity index is 2.86. The topological polar surface area (TPSA) is 57.6 Å². The summed E-state index contributed by atoms with van der Waals surface area (Å²) < 4.78 is 34.8. The monoisotopic (exact) mass is 637 g/mol. The molecular weight excluding hydrogens is 585 g/mol. The van der Waals surface area contributed by atoms with Gasteiger partial charge in [0.05, 0.1) is 0 Å². The van der Waals surface area contributed by atoms with E-state index in [4.69, 9.17) is 0 Å². The van der Waals surface area contributed by atoms with Gasteiger partial charge in [-0.2, -0.15) is 0 Å². The molecule has 0 aliphatic rings. The predicted molar refractivity (Wildman–Crippen MR) is 160 cm³/mol. The Morgan fingerprint density at radius 1 is 0.784 bits per heavy atom. The van der Waals surface area contributed by atoms with Gasteiger partial charge >= 0.3 is 233 Å². The van der Waals surface area contributed by atoms with Crippen molar-refractivity contribution in [3.63, 3.8) is 0 Å². The average Bonchev–Trinajstić information content (AvgIpc) is 2.91. The Morgan fingerprint density at radius 2 is 1.24 bits per heavy atom. The Bertz CT molecular complexity index is 960. The van der Waals surface area contributed by atoms with Crippen LogP contribution in [-0.2, 0) is 10.0 Å². The fraction of sp³-hybridized carbons (Fsp3) is 0.613. The number of unbranched alkanes of at least 4 members (excludes halogenated alkanes) is 3. The maximum atomic E-state index is 14.6. The van der Waals surface area contributed by atoms with Gasteiger partial charge in [0.1, 0.15) is 0 Å². The second-order valence-electron chi connectivity index (χ2n) is 11.1. The van der Waals surface area contributed by atoms with Gasteiger partial charge in [0.25, 0.3) is 0 Å². The van der Waals surface area contributed by atoms with Crippen LogP contribution in [0.2, 0.25) is 13.3 Å². The van der Waals surface area contributed by atoms with E-state index in [2.05, 4.69) is 34.6 Å². The van der Waals surface area contributed by atoms with Crippen LogP contribution in [0.4, 0.5) is 0 Å². The number of sulfonamides is 1. The predicted octanol–water partition coefficient (Wildman–Crippen LogP) is 8.21. The van der Waals surface area contributed by atoms with Gasteiger partial charge < -0.3 is 0 Å². The van der Waals surface area contributed by atoms with Crippen molar-refractivity contribution in [3.8, 4) is 0 Å². The van der Waals surface area contributed by atoms with Crippen molar-refractivity contribution in [3.05, 3.63) is 66.2 Å². The van der Waals surface area contributed by atoms with Crippen molar-refractivity contribution < 1.29 is 13.5 Å². The van der Waals surface area contributed by atoms with Gasteiger partial charge in [0.15, 0.2) is 0 Å². The molecule has 2 aromatic carbocycles. The molecule has 0 saturated heterocycles. The molecule has 0 aromatic heterocycles. The normalized spacial score (nSPS) is 14.3. The van der Waals surface area contributed by atoms with Crippen LogP contribution in [0.15, 0.2) is 65.6 Å². The molecule has 0 radical (unpaired) electrons. The summed E-state index contributed by atoms with van der Waals surface area (Å²) in [7, 11) is -3.84. The third-order valence-corrected chi connectivity index (χ3v) is 27.3. The quantitative estimate of drug-likeness (QED) is 0.168. The minimum absolute atomic E-state index is 0.00140. The molecule has 0 fully saturated rings. The zero-order chi connectivity index (χ0) is 27.3. The van der Waals surface area contributed by atoms with Gasteiger partial charge in [-0.15, -0.1) is 0 Å². The Labute approximate surface area is 231 Å². The van der Waals surface area contributed by atoms with E-state index in [0.29, 0.717) is 10.8 Å². The summed E-state index contributed by atoms with van der Waals surface area (Å²) in [5.41, 5.74) is 0.875. The minimum atomic E-state index is -3.84. The zero-order valence-electron chi connectivity index (χ0n) is 23.9. The molecule has 2 rings (SSSR count). The Morgan fingerprint density at radius 3 is 1.65 bits per heavy atom. The summed E-state index contributed by atoms with van der Waals surface area (Å²) in [6.45, 7) is 11.0. The number of benzene rings is 2. The van der Waals surface area contributed by atoms with E-state index in [9.17, 15) is 13.5 Å². The van der Waals surface area contributed by atoms with E-state index in [1.54, 1.807) is 24.3 Å². The zero-order valence-corrected chi connectivity index (χ0v) is 27.6. The van der Waals surface area contributed by atoms with Crippen LogP contribution in [0.5, 0.6) is 0 Å². The summed E-state index contributed by atoms with van der Waals surface area (Å²) >= 11 is -3.15. The van der Waals surface area contributed by atoms with Crippen LogP contribution < -0.4 is 0 Å². The number of nitrogens with zero attached hydrogens (tertiary/aromatic N) is 1. The van der Waals surface area contributed by atoms with E-state index in [-0.39, 0.29) is 10.7 Å². The van der Waals surface area contributed by atoms with Gasteiger partial charge in [-0.1, -0.05) is 0 Å². The molecule has 6 heteroatoms. The van der Waals surface area contributed by atoms with Crippen molar-refractivity contribution in [2.24, 2.45) is 5.92 Å². The van der Waals surface area contributed by atoms with Crippen LogP contribution >= 0.6 is 0 Å². The van der Waals surface area contributed by atoms with Crippen molar-refractivity contribution in [1.29, 1.82) is 0 Å². The van der Waals surface area contributed by atoms with Gasteiger partial charge in [-0.3, -0.25) is 0 Å². The summed E-state index contributed by atoms with van der Waals surface area (Å²) in [5.74, 6) is 0.370. The van der Waals surface area contributed by atoms with Crippen LogP contribution in [0, 0.1) is 5.92 Å².